The number of amides is 1. The summed E-state index contributed by atoms with van der Waals surface area (Å²) in [6.07, 6.45) is 2.32. The molecular weight excluding hydrogens is 303 g/mol. The molecule has 3 rings (SSSR count). The van der Waals surface area contributed by atoms with E-state index in [2.05, 4.69) is 15.5 Å². The van der Waals surface area contributed by atoms with Crippen LogP contribution in [0.15, 0.2) is 29.4 Å². The minimum Gasteiger partial charge on any atom is -0.325 e. The van der Waals surface area contributed by atoms with Crippen LogP contribution >= 0.6 is 11.8 Å². The Labute approximate surface area is 132 Å². The van der Waals surface area contributed by atoms with E-state index in [1.54, 1.807) is 19.1 Å². The molecule has 1 aliphatic rings. The van der Waals surface area contributed by atoms with Crippen molar-refractivity contribution in [1.82, 2.24) is 14.8 Å². The summed E-state index contributed by atoms with van der Waals surface area (Å²) in [6, 6.07) is 5.86. The van der Waals surface area contributed by atoms with E-state index >= 15 is 0 Å². The number of hydrogen-bond acceptors (Lipinski definition) is 4. The predicted molar refractivity (Wildman–Crippen MR) is 83.3 cm³/mol. The summed E-state index contributed by atoms with van der Waals surface area (Å²) in [4.78, 5) is 12.2. The van der Waals surface area contributed by atoms with Crippen molar-refractivity contribution >= 4 is 23.4 Å². The second-order valence-electron chi connectivity index (χ2n) is 5.43. The lowest BCUT2D eigenvalue weighted by Crippen LogP contribution is -2.22. The van der Waals surface area contributed by atoms with Crippen LogP contribution < -0.4 is 5.32 Å². The molecule has 0 saturated heterocycles. The lowest BCUT2D eigenvalue weighted by Gasteiger charge is -2.11. The minimum atomic E-state index is -0.375. The average molecular weight is 320 g/mol. The van der Waals surface area contributed by atoms with Crippen molar-refractivity contribution in [2.24, 2.45) is 7.05 Å². The third kappa shape index (κ3) is 3.30. The maximum Gasteiger partial charge on any atom is 0.237 e. The van der Waals surface area contributed by atoms with Gasteiger partial charge in [0, 0.05) is 18.7 Å². The number of nitrogens with one attached hydrogen (secondary N) is 1. The van der Waals surface area contributed by atoms with Gasteiger partial charge >= 0.3 is 0 Å². The Morgan fingerprint density at radius 1 is 1.45 bits per heavy atom. The third-order valence-corrected chi connectivity index (χ3v) is 4.69. The molecule has 1 aliphatic carbocycles. The van der Waals surface area contributed by atoms with E-state index in [9.17, 15) is 9.18 Å². The van der Waals surface area contributed by atoms with Gasteiger partial charge < -0.3 is 9.88 Å². The van der Waals surface area contributed by atoms with E-state index in [1.807, 2.05) is 11.6 Å². The van der Waals surface area contributed by atoms with Gasteiger partial charge in [0.15, 0.2) is 5.16 Å². The number of halogens is 1. The molecule has 0 aliphatic heterocycles. The average Bonchev–Trinajstić information content (AvgIpc) is 3.25. The number of benzene rings is 1. The molecule has 116 valence electrons. The SMILES string of the molecule is C[C@@H](Sc1nnc(C2CC2)n1C)C(=O)Nc1cccc(F)c1. The van der Waals surface area contributed by atoms with E-state index in [1.165, 1.54) is 23.9 Å². The highest BCUT2D eigenvalue weighted by Gasteiger charge is 2.30. The van der Waals surface area contributed by atoms with Crippen LogP contribution in [0.3, 0.4) is 0 Å². The first-order valence-corrected chi connectivity index (χ1v) is 8.05. The Balaban J connectivity index is 1.63. The molecule has 22 heavy (non-hydrogen) atoms. The number of thioether (sulfide) groups is 1. The quantitative estimate of drug-likeness (QED) is 0.861. The normalized spacial score (nSPS) is 15.6. The first-order valence-electron chi connectivity index (χ1n) is 7.17. The van der Waals surface area contributed by atoms with Crippen LogP contribution in [-0.4, -0.2) is 25.9 Å². The Morgan fingerprint density at radius 2 is 2.23 bits per heavy atom. The van der Waals surface area contributed by atoms with E-state index in [4.69, 9.17) is 0 Å². The number of aromatic nitrogens is 3. The molecule has 1 fully saturated rings. The van der Waals surface area contributed by atoms with Gasteiger partial charge in [-0.05, 0) is 38.0 Å². The topological polar surface area (TPSA) is 59.8 Å². The molecule has 7 heteroatoms. The van der Waals surface area contributed by atoms with E-state index < -0.39 is 0 Å². The summed E-state index contributed by atoms with van der Waals surface area (Å²) in [5.41, 5.74) is 0.453. The zero-order valence-electron chi connectivity index (χ0n) is 12.4. The van der Waals surface area contributed by atoms with Gasteiger partial charge in [0.1, 0.15) is 11.6 Å². The molecule has 1 aromatic carbocycles. The second-order valence-corrected chi connectivity index (χ2v) is 6.74. The van der Waals surface area contributed by atoms with Gasteiger partial charge in [-0.2, -0.15) is 0 Å². The molecule has 1 saturated carbocycles. The van der Waals surface area contributed by atoms with Crippen molar-refractivity contribution in [3.63, 3.8) is 0 Å². The van der Waals surface area contributed by atoms with Gasteiger partial charge in [-0.1, -0.05) is 17.8 Å². The Kier molecular flexibility index (Phi) is 4.15. The number of carbonyl (C=O) groups is 1. The number of rotatable bonds is 5. The van der Waals surface area contributed by atoms with Crippen molar-refractivity contribution in [3.8, 4) is 0 Å². The zero-order valence-corrected chi connectivity index (χ0v) is 13.2. The highest BCUT2D eigenvalue weighted by Crippen LogP contribution is 2.39. The van der Waals surface area contributed by atoms with Gasteiger partial charge in [-0.25, -0.2) is 4.39 Å². The fourth-order valence-electron chi connectivity index (χ4n) is 2.15. The number of carbonyl (C=O) groups excluding carboxylic acids is 1. The molecule has 0 bridgehead atoms. The molecule has 5 nitrogen and oxygen atoms in total. The van der Waals surface area contributed by atoms with Crippen LogP contribution in [0, 0.1) is 5.82 Å². The first-order chi connectivity index (χ1) is 10.5. The number of hydrogen-bond donors (Lipinski definition) is 1. The monoisotopic (exact) mass is 320 g/mol. The Morgan fingerprint density at radius 3 is 2.91 bits per heavy atom. The van der Waals surface area contributed by atoms with Gasteiger partial charge in [0.05, 0.1) is 5.25 Å². The van der Waals surface area contributed by atoms with Crippen LogP contribution in [0.5, 0.6) is 0 Å². The second kappa shape index (κ2) is 6.08. The van der Waals surface area contributed by atoms with Crippen LogP contribution in [-0.2, 0) is 11.8 Å². The van der Waals surface area contributed by atoms with Crippen LogP contribution in [0.25, 0.3) is 0 Å². The smallest absolute Gasteiger partial charge is 0.237 e. The third-order valence-electron chi connectivity index (χ3n) is 3.55. The van der Waals surface area contributed by atoms with Crippen molar-refractivity contribution in [1.29, 1.82) is 0 Å². The molecule has 0 radical (unpaired) electrons. The summed E-state index contributed by atoms with van der Waals surface area (Å²) in [5.74, 6) is 0.940. The summed E-state index contributed by atoms with van der Waals surface area (Å²) in [6.45, 7) is 1.80. The molecule has 1 N–H and O–H groups in total. The molecular formula is C15H17FN4OS. The minimum absolute atomic E-state index is 0.188. The standard InChI is InChI=1S/C15H17FN4OS/c1-9(14(21)17-12-5-3-4-11(16)8-12)22-15-19-18-13(20(15)2)10-6-7-10/h3-5,8-10H,6-7H2,1-2H3,(H,17,21)/t9-/m1/s1. The molecule has 2 aromatic rings. The summed E-state index contributed by atoms with van der Waals surface area (Å²) >= 11 is 1.35. The van der Waals surface area contributed by atoms with Crippen LogP contribution in [0.1, 0.15) is 31.5 Å². The maximum absolute atomic E-state index is 13.1. The highest BCUT2D eigenvalue weighted by molar-refractivity contribution is 8.00. The summed E-state index contributed by atoms with van der Waals surface area (Å²) in [5, 5.41) is 11.4. The van der Waals surface area contributed by atoms with Crippen LogP contribution in [0.2, 0.25) is 0 Å². The van der Waals surface area contributed by atoms with Crippen molar-refractivity contribution < 1.29 is 9.18 Å². The highest BCUT2D eigenvalue weighted by atomic mass is 32.2. The van der Waals surface area contributed by atoms with Gasteiger partial charge in [0.2, 0.25) is 5.91 Å². The Bertz CT molecular complexity index is 699. The lowest BCUT2D eigenvalue weighted by atomic mass is 10.3. The summed E-state index contributed by atoms with van der Waals surface area (Å²) < 4.78 is 15.1. The van der Waals surface area contributed by atoms with Gasteiger partial charge in [0.25, 0.3) is 0 Å². The molecule has 1 amide bonds. The van der Waals surface area contributed by atoms with E-state index in [0.29, 0.717) is 11.6 Å². The maximum atomic E-state index is 13.1. The fraction of sp³-hybridized carbons (Fsp3) is 0.400. The largest absolute Gasteiger partial charge is 0.325 e. The number of nitrogens with zero attached hydrogens (tertiary/aromatic N) is 3. The summed E-state index contributed by atoms with van der Waals surface area (Å²) in [7, 11) is 1.92. The molecule has 1 atom stereocenters. The van der Waals surface area contributed by atoms with Gasteiger partial charge in [-0.15, -0.1) is 10.2 Å². The molecule has 1 aromatic heterocycles. The van der Waals surface area contributed by atoms with E-state index in [-0.39, 0.29) is 17.0 Å². The van der Waals surface area contributed by atoms with Crippen molar-refractivity contribution in [2.75, 3.05) is 5.32 Å². The number of anilines is 1. The first kappa shape index (κ1) is 15.0. The van der Waals surface area contributed by atoms with Crippen molar-refractivity contribution in [3.05, 3.63) is 35.9 Å². The molecule has 1 heterocycles. The molecule has 0 unspecified atom stereocenters. The van der Waals surface area contributed by atoms with Crippen molar-refractivity contribution in [2.45, 2.75) is 36.1 Å². The van der Waals surface area contributed by atoms with Gasteiger partial charge in [-0.3, -0.25) is 4.79 Å². The molecule has 0 spiro atoms. The lowest BCUT2D eigenvalue weighted by molar-refractivity contribution is -0.115. The predicted octanol–water partition coefficient (Wildman–Crippen LogP) is 2.95. The Hall–Kier alpha value is -1.89. The zero-order chi connectivity index (χ0) is 15.7. The van der Waals surface area contributed by atoms with Crippen LogP contribution in [0.4, 0.5) is 10.1 Å². The fourth-order valence-corrected chi connectivity index (χ4v) is 2.97. The van der Waals surface area contributed by atoms with E-state index in [0.717, 1.165) is 23.8 Å².